The molecule has 0 N–H and O–H groups in total. The fourth-order valence-electron chi connectivity index (χ4n) is 0. The summed E-state index contributed by atoms with van der Waals surface area (Å²) in [5.41, 5.74) is 0. The quantitative estimate of drug-likeness (QED) is 0.227. The van der Waals surface area contributed by atoms with Crippen LogP contribution in [0.5, 0.6) is 0 Å². The third-order valence-electron chi connectivity index (χ3n) is 0. The van der Waals surface area contributed by atoms with Crippen LogP contribution >= 0.6 is 0 Å². The van der Waals surface area contributed by atoms with Gasteiger partial charge in [-0.1, -0.05) is 499 Å². The SMILES string of the molecule is CC.CC.CC.CC.CC.CC.CC.CC.CC.CC.CC.CC.CC.CC.CC.CC.CC.CC.CC.CC.CC.CC.CC.CC.CC.CC.CC.CC.CC.CC.CC.CC.CC.CC.CC.CC. The van der Waals surface area contributed by atoms with Crippen LogP contribution < -0.4 is 0 Å². The first-order valence-electron chi connectivity index (χ1n) is 36.0. The summed E-state index contributed by atoms with van der Waals surface area (Å²) in [5, 5.41) is 0. The zero-order chi connectivity index (χ0) is 72.0. The Kier molecular flexibility index (Phi) is 0. The molecular formula is C72H216. The molecule has 0 radical (unpaired) electrons. The molecule has 0 heterocycles. The maximum absolute atomic E-state index is 2.00. The normalized spacial score (nSPS) is 3.00. The third kappa shape index (κ3) is 0. The van der Waals surface area contributed by atoms with Crippen LogP contribution in [0.2, 0.25) is 0 Å². The highest BCUT2D eigenvalue weighted by Crippen LogP contribution is 1.21. The Morgan fingerprint density at radius 3 is 0.0278 bits per heavy atom. The van der Waals surface area contributed by atoms with Crippen molar-refractivity contribution >= 4 is 0 Å². The van der Waals surface area contributed by atoms with Crippen molar-refractivity contribution in [2.45, 2.75) is 499 Å². The van der Waals surface area contributed by atoms with E-state index in [1.165, 1.54) is 0 Å². The van der Waals surface area contributed by atoms with Crippen LogP contribution in [0, 0.1) is 0 Å². The Bertz CT molecular complexity index is 0. The van der Waals surface area contributed by atoms with Gasteiger partial charge in [0.1, 0.15) is 0 Å². The lowest BCUT2D eigenvalue weighted by Gasteiger charge is -1.07. The van der Waals surface area contributed by atoms with Gasteiger partial charge in [0.15, 0.2) is 0 Å². The Morgan fingerprint density at radius 2 is 0.0278 bits per heavy atom. The first-order chi connectivity index (χ1) is 36.0. The monoisotopic (exact) mass is 1080 g/mol. The Labute approximate surface area is 496 Å². The summed E-state index contributed by atoms with van der Waals surface area (Å²) in [6, 6.07) is 0. The Morgan fingerprint density at radius 1 is 0.0278 bits per heavy atom. The minimum absolute atomic E-state index is 2.00. The molecule has 0 amide bonds. The highest BCUT2D eigenvalue weighted by molar-refractivity contribution is 3.57. The van der Waals surface area contributed by atoms with E-state index in [0.29, 0.717) is 0 Å². The molecule has 0 nitrogen and oxygen atoms in total. The van der Waals surface area contributed by atoms with Crippen molar-refractivity contribution in [1.82, 2.24) is 0 Å². The fraction of sp³-hybridized carbons (Fsp3) is 1.00. The van der Waals surface area contributed by atoms with Crippen LogP contribution in [0.3, 0.4) is 0 Å². The number of hydrogen-bond acceptors (Lipinski definition) is 0. The lowest BCUT2D eigenvalue weighted by atomic mass is 11.0. The van der Waals surface area contributed by atoms with Gasteiger partial charge in [-0.2, -0.15) is 0 Å². The molecule has 0 fully saturated rings. The van der Waals surface area contributed by atoms with E-state index in [1.54, 1.807) is 0 Å². The smallest absolute Gasteiger partial charge is 0.0683 e. The van der Waals surface area contributed by atoms with E-state index >= 15 is 0 Å². The van der Waals surface area contributed by atoms with Crippen LogP contribution in [-0.4, -0.2) is 0 Å². The van der Waals surface area contributed by atoms with Gasteiger partial charge < -0.3 is 0 Å². The second kappa shape index (κ2) is 0. The topological polar surface area (TPSA) is 0 Å². The average molecular weight is 1080 g/mol. The van der Waals surface area contributed by atoms with Gasteiger partial charge in [-0.3, -0.25) is 0 Å². The largest absolute Gasteiger partial charge is 0.0683 e. The summed E-state index contributed by atoms with van der Waals surface area (Å²) in [6.45, 7) is 144. The van der Waals surface area contributed by atoms with Crippen molar-refractivity contribution in [2.75, 3.05) is 0 Å². The molecule has 0 saturated heterocycles. The van der Waals surface area contributed by atoms with Crippen molar-refractivity contribution in [3.05, 3.63) is 0 Å². The van der Waals surface area contributed by atoms with E-state index in [9.17, 15) is 0 Å². The summed E-state index contributed by atoms with van der Waals surface area (Å²) >= 11 is 0. The molecule has 0 atom stereocenters. The molecule has 0 spiro atoms. The van der Waals surface area contributed by atoms with E-state index in [-0.39, 0.29) is 0 Å². The van der Waals surface area contributed by atoms with Crippen LogP contribution in [0.15, 0.2) is 0 Å². The Hall–Kier alpha value is 0. The molecule has 0 heteroatoms. The second-order valence-electron chi connectivity index (χ2n) is 0. The van der Waals surface area contributed by atoms with Gasteiger partial charge in [0.25, 0.3) is 0 Å². The molecule has 0 aliphatic rings. The van der Waals surface area contributed by atoms with Gasteiger partial charge in [-0.25, -0.2) is 0 Å². The van der Waals surface area contributed by atoms with Gasteiger partial charge in [-0.05, 0) is 0 Å². The molecule has 0 rings (SSSR count). The van der Waals surface area contributed by atoms with Crippen LogP contribution in [0.25, 0.3) is 0 Å². The summed E-state index contributed by atoms with van der Waals surface area (Å²) in [6.07, 6.45) is 0. The van der Waals surface area contributed by atoms with Crippen molar-refractivity contribution in [1.29, 1.82) is 0 Å². The van der Waals surface area contributed by atoms with E-state index in [4.69, 9.17) is 0 Å². The fourth-order valence-corrected chi connectivity index (χ4v) is 0. The van der Waals surface area contributed by atoms with E-state index in [1.807, 2.05) is 499 Å². The van der Waals surface area contributed by atoms with Gasteiger partial charge in [0.05, 0.1) is 0 Å². The first-order valence-corrected chi connectivity index (χ1v) is 36.0. The molecule has 504 valence electrons. The van der Waals surface area contributed by atoms with Crippen LogP contribution in [0.4, 0.5) is 0 Å². The molecule has 0 aliphatic carbocycles. The minimum atomic E-state index is 2.00. The standard InChI is InChI=1S/36C2H6/c36*1-2/h36*1-2H3. The molecule has 0 aromatic carbocycles. The van der Waals surface area contributed by atoms with Crippen molar-refractivity contribution in [2.24, 2.45) is 0 Å². The molecule has 0 unspecified atom stereocenters. The predicted octanol–water partition coefficient (Wildman–Crippen LogP) is 36.9. The zero-order valence-electron chi connectivity index (χ0n) is 72.0. The molecule has 0 saturated carbocycles. The predicted molar refractivity (Wildman–Crippen MR) is 409 cm³/mol. The molecule has 72 heavy (non-hydrogen) atoms. The van der Waals surface area contributed by atoms with Gasteiger partial charge in [0.2, 0.25) is 0 Å². The average Bonchev–Trinajstić information content (AvgIpc) is 3.63. The van der Waals surface area contributed by atoms with Crippen molar-refractivity contribution in [3.63, 3.8) is 0 Å². The van der Waals surface area contributed by atoms with E-state index in [0.717, 1.165) is 0 Å². The molecule has 0 aromatic heterocycles. The maximum atomic E-state index is 2.00. The van der Waals surface area contributed by atoms with E-state index < -0.39 is 0 Å². The van der Waals surface area contributed by atoms with Crippen LogP contribution in [0.1, 0.15) is 499 Å². The lowest BCUT2D eigenvalue weighted by molar-refractivity contribution is 1.50. The molecule has 0 aromatic rings. The van der Waals surface area contributed by atoms with Gasteiger partial charge in [-0.15, -0.1) is 0 Å². The summed E-state index contributed by atoms with van der Waals surface area (Å²) in [5.74, 6) is 0. The Balaban J connectivity index is -0.00000000545. The van der Waals surface area contributed by atoms with E-state index in [2.05, 4.69) is 0 Å². The van der Waals surface area contributed by atoms with Crippen molar-refractivity contribution in [3.8, 4) is 0 Å². The minimum Gasteiger partial charge on any atom is -0.0683 e. The zero-order valence-corrected chi connectivity index (χ0v) is 72.0. The first kappa shape index (κ1) is 280. The summed E-state index contributed by atoms with van der Waals surface area (Å²) in [4.78, 5) is 0. The van der Waals surface area contributed by atoms with Gasteiger partial charge >= 0.3 is 0 Å². The number of rotatable bonds is 0. The molecule has 0 bridgehead atoms. The summed E-state index contributed by atoms with van der Waals surface area (Å²) in [7, 11) is 0. The number of hydrogen-bond donors (Lipinski definition) is 0. The third-order valence-corrected chi connectivity index (χ3v) is 0. The van der Waals surface area contributed by atoms with Crippen LogP contribution in [-0.2, 0) is 0 Å². The van der Waals surface area contributed by atoms with Gasteiger partial charge in [0, 0.05) is 0 Å². The summed E-state index contributed by atoms with van der Waals surface area (Å²) < 4.78 is 0. The van der Waals surface area contributed by atoms with Crippen molar-refractivity contribution < 1.29 is 0 Å². The lowest BCUT2D eigenvalue weighted by Crippen LogP contribution is -0.856. The highest BCUT2D eigenvalue weighted by Gasteiger charge is 1.00. The maximum Gasteiger partial charge on any atom is -0.0683 e. The second-order valence-corrected chi connectivity index (χ2v) is 0. The highest BCUT2D eigenvalue weighted by atomic mass is 13.1. The molecular weight excluding hydrogens is 865 g/mol. The molecule has 0 aliphatic heterocycles.